The maximum absolute atomic E-state index is 13.1. The molecule has 0 spiro atoms. The van der Waals surface area contributed by atoms with Crippen LogP contribution in [0.5, 0.6) is 0 Å². The first-order valence-corrected chi connectivity index (χ1v) is 8.20. The van der Waals surface area contributed by atoms with Crippen molar-refractivity contribution in [3.8, 4) is 6.07 Å². The molecule has 0 saturated carbocycles. The third-order valence-corrected chi connectivity index (χ3v) is 5.55. The minimum absolute atomic E-state index is 0.434. The Kier molecular flexibility index (Phi) is 4.03. The van der Waals surface area contributed by atoms with Crippen molar-refractivity contribution in [3.05, 3.63) is 29.3 Å². The van der Waals surface area contributed by atoms with Crippen molar-refractivity contribution in [3.63, 3.8) is 0 Å². The molecular weight excluding hydrogens is 402 g/mol. The zero-order valence-electron chi connectivity index (χ0n) is 13.2. The van der Waals surface area contributed by atoms with E-state index in [-0.39, 0.29) is 0 Å². The van der Waals surface area contributed by atoms with Crippen LogP contribution >= 0.6 is 0 Å². The molecule has 2 aliphatic rings. The van der Waals surface area contributed by atoms with E-state index in [9.17, 15) is 35.3 Å². The smallest absolute Gasteiger partial charge is 0.271 e. The molecule has 0 radical (unpaired) electrons. The molecule has 2 atom stereocenters. The monoisotopic (exact) mass is 410 g/mol. The lowest BCUT2D eigenvalue weighted by Gasteiger charge is -2.19. The van der Waals surface area contributed by atoms with E-state index in [1.165, 1.54) is 6.07 Å². The number of carbonyl (C=O) groups excluding carboxylic acids is 1. The van der Waals surface area contributed by atoms with Crippen LogP contribution in [0, 0.1) is 11.3 Å². The number of amides is 1. The molecule has 3 rings (SSSR count). The number of anilines is 1. The summed E-state index contributed by atoms with van der Waals surface area (Å²) >= 11 is -2.61. The van der Waals surface area contributed by atoms with Crippen LogP contribution in [0.25, 0.3) is 0 Å². The molecule has 2 aliphatic heterocycles. The lowest BCUT2D eigenvalue weighted by molar-refractivity contribution is -0.137. The number of halogens is 6. The van der Waals surface area contributed by atoms with Gasteiger partial charge in [0.15, 0.2) is 5.54 Å². The molecular formula is C14H8F6N4O2S. The highest BCUT2D eigenvalue weighted by molar-refractivity contribution is 7.85. The van der Waals surface area contributed by atoms with Gasteiger partial charge in [-0.3, -0.25) is 4.79 Å². The van der Waals surface area contributed by atoms with E-state index in [2.05, 4.69) is 5.10 Å². The van der Waals surface area contributed by atoms with E-state index in [0.717, 1.165) is 19.1 Å². The molecule has 2 heterocycles. The van der Waals surface area contributed by atoms with E-state index in [4.69, 9.17) is 5.26 Å². The molecule has 1 fully saturated rings. The molecule has 1 aromatic rings. The van der Waals surface area contributed by atoms with E-state index in [0.29, 0.717) is 14.8 Å². The SMILES string of the molecule is CC12CC(C(F)(F)F)=NN1[S@](=O)N(c1ccc(C#N)c(C(F)(F)F)c1)C2=O. The van der Waals surface area contributed by atoms with Gasteiger partial charge in [-0.1, -0.05) is 0 Å². The number of nitriles is 1. The third-order valence-electron chi connectivity index (χ3n) is 4.09. The summed E-state index contributed by atoms with van der Waals surface area (Å²) < 4.78 is 91.2. The molecule has 13 heteroatoms. The molecule has 1 unspecified atom stereocenters. The molecule has 6 nitrogen and oxygen atoms in total. The molecule has 1 saturated heterocycles. The number of fused-ring (bicyclic) bond motifs is 1. The van der Waals surface area contributed by atoms with Crippen LogP contribution in [0.15, 0.2) is 23.3 Å². The minimum Gasteiger partial charge on any atom is -0.271 e. The summed E-state index contributed by atoms with van der Waals surface area (Å²) in [5.74, 6) is -1.10. The van der Waals surface area contributed by atoms with Crippen molar-refractivity contribution < 1.29 is 35.3 Å². The Balaban J connectivity index is 2.07. The minimum atomic E-state index is -4.92. The first-order chi connectivity index (χ1) is 12.3. The fraction of sp³-hybridized carbons (Fsp3) is 0.357. The summed E-state index contributed by atoms with van der Waals surface area (Å²) in [6.07, 6.45) is -10.6. The Bertz CT molecular complexity index is 935. The summed E-state index contributed by atoms with van der Waals surface area (Å²) in [6.45, 7) is 1.07. The van der Waals surface area contributed by atoms with Gasteiger partial charge in [0.2, 0.25) is 11.2 Å². The predicted octanol–water partition coefficient (Wildman–Crippen LogP) is 2.89. The summed E-state index contributed by atoms with van der Waals surface area (Å²) in [5.41, 5.74) is -5.79. The Morgan fingerprint density at radius 3 is 2.33 bits per heavy atom. The first kappa shape index (κ1) is 19.2. The fourth-order valence-electron chi connectivity index (χ4n) is 2.74. The van der Waals surface area contributed by atoms with Gasteiger partial charge >= 0.3 is 12.4 Å². The maximum atomic E-state index is 13.1. The van der Waals surface area contributed by atoms with Crippen LogP contribution in [0.4, 0.5) is 32.0 Å². The number of hydrogen-bond acceptors (Lipinski definition) is 4. The normalized spacial score (nSPS) is 25.5. The lowest BCUT2D eigenvalue weighted by Crippen LogP contribution is -2.43. The van der Waals surface area contributed by atoms with Gasteiger partial charge in [0.05, 0.1) is 22.9 Å². The molecule has 0 aliphatic carbocycles. The number of nitrogens with zero attached hydrogens (tertiary/aromatic N) is 4. The summed E-state index contributed by atoms with van der Waals surface area (Å²) in [6, 6.07) is 3.56. The topological polar surface area (TPSA) is 76.8 Å². The largest absolute Gasteiger partial charge is 0.431 e. The zero-order valence-corrected chi connectivity index (χ0v) is 14.0. The van der Waals surface area contributed by atoms with Crippen LogP contribution in [-0.2, 0) is 22.1 Å². The molecule has 1 amide bonds. The maximum Gasteiger partial charge on any atom is 0.431 e. The second-order valence-corrected chi connectivity index (χ2v) is 7.11. The fourth-order valence-corrected chi connectivity index (χ4v) is 4.18. The van der Waals surface area contributed by atoms with Crippen LogP contribution in [-0.4, -0.2) is 32.0 Å². The quantitative estimate of drug-likeness (QED) is 0.668. The van der Waals surface area contributed by atoms with Gasteiger partial charge in [-0.05, 0) is 25.1 Å². The second kappa shape index (κ2) is 5.69. The van der Waals surface area contributed by atoms with Crippen molar-refractivity contribution in [2.45, 2.75) is 31.2 Å². The average Bonchev–Trinajstić information content (AvgIpc) is 3.00. The zero-order chi connectivity index (χ0) is 20.4. The highest BCUT2D eigenvalue weighted by Gasteiger charge is 2.62. The van der Waals surface area contributed by atoms with Crippen molar-refractivity contribution in [1.82, 2.24) is 4.41 Å². The predicted molar refractivity (Wildman–Crippen MR) is 80.1 cm³/mol. The number of benzene rings is 1. The molecule has 0 aromatic heterocycles. The van der Waals surface area contributed by atoms with Gasteiger partial charge in [-0.15, -0.1) is 0 Å². The van der Waals surface area contributed by atoms with Gasteiger partial charge in [0.1, 0.15) is 5.71 Å². The average molecular weight is 410 g/mol. The molecule has 144 valence electrons. The van der Waals surface area contributed by atoms with Crippen LogP contribution < -0.4 is 4.31 Å². The van der Waals surface area contributed by atoms with Crippen LogP contribution in [0.2, 0.25) is 0 Å². The number of alkyl halides is 6. The Morgan fingerprint density at radius 1 is 1.22 bits per heavy atom. The summed E-state index contributed by atoms with van der Waals surface area (Å²) in [5, 5.41) is 12.0. The second-order valence-electron chi connectivity index (χ2n) is 5.94. The van der Waals surface area contributed by atoms with Gasteiger partial charge in [0, 0.05) is 6.42 Å². The Morgan fingerprint density at radius 2 is 1.85 bits per heavy atom. The summed E-state index contributed by atoms with van der Waals surface area (Å²) in [4.78, 5) is 12.6. The lowest BCUT2D eigenvalue weighted by atomic mass is 9.95. The Hall–Kier alpha value is -2.62. The van der Waals surface area contributed by atoms with Crippen LogP contribution in [0.3, 0.4) is 0 Å². The van der Waals surface area contributed by atoms with Crippen molar-refractivity contribution >= 4 is 28.5 Å². The molecule has 1 aromatic carbocycles. The highest BCUT2D eigenvalue weighted by Crippen LogP contribution is 2.44. The molecule has 0 bridgehead atoms. The molecule has 27 heavy (non-hydrogen) atoms. The van der Waals surface area contributed by atoms with Gasteiger partial charge in [-0.2, -0.15) is 41.1 Å². The van der Waals surface area contributed by atoms with Gasteiger partial charge < -0.3 is 0 Å². The van der Waals surface area contributed by atoms with Crippen LogP contribution in [0.1, 0.15) is 24.5 Å². The molecule has 0 N–H and O–H groups in total. The van der Waals surface area contributed by atoms with E-state index >= 15 is 0 Å². The first-order valence-electron chi connectivity index (χ1n) is 7.13. The van der Waals surface area contributed by atoms with Crippen molar-refractivity contribution in [2.24, 2.45) is 5.10 Å². The number of rotatable bonds is 1. The number of hydrogen-bond donors (Lipinski definition) is 0. The van der Waals surface area contributed by atoms with E-state index in [1.807, 2.05) is 0 Å². The highest BCUT2D eigenvalue weighted by atomic mass is 32.2. The standard InChI is InChI=1S/C14H8F6N4O2S/c1-12-5-10(14(18,19)20)22-24(12)27(26)23(11(12)25)8-3-2-7(6-21)9(4-8)13(15,16)17/h2-4H,5H2,1H3/t12?,27-/m1/s1. The third kappa shape index (κ3) is 2.84. The van der Waals surface area contributed by atoms with Crippen molar-refractivity contribution in [1.29, 1.82) is 5.26 Å². The number of hydrazone groups is 1. The number of carbonyl (C=O) groups is 1. The summed E-state index contributed by atoms with van der Waals surface area (Å²) in [7, 11) is 0. The van der Waals surface area contributed by atoms with Crippen molar-refractivity contribution in [2.75, 3.05) is 4.31 Å². The van der Waals surface area contributed by atoms with Gasteiger partial charge in [-0.25, -0.2) is 8.51 Å². The Labute approximate surface area is 150 Å². The van der Waals surface area contributed by atoms with E-state index < -0.39 is 63.9 Å². The van der Waals surface area contributed by atoms with E-state index in [1.54, 1.807) is 0 Å². The van der Waals surface area contributed by atoms with Gasteiger partial charge in [0.25, 0.3) is 5.91 Å².